The monoisotopic (exact) mass is 299 g/mol. The topological polar surface area (TPSA) is 38.8 Å². The van der Waals surface area contributed by atoms with E-state index in [-0.39, 0.29) is 23.2 Å². The molecule has 0 aliphatic carbocycles. The van der Waals surface area contributed by atoms with Crippen LogP contribution in [0.2, 0.25) is 0 Å². The highest BCUT2D eigenvalue weighted by atomic mass is 16.7. The Bertz CT molecular complexity index is 351. The molecule has 0 bridgehead atoms. The van der Waals surface area contributed by atoms with E-state index in [2.05, 4.69) is 34.6 Å². The fourth-order valence-electron chi connectivity index (χ4n) is 3.04. The van der Waals surface area contributed by atoms with Gasteiger partial charge in [0.2, 0.25) is 0 Å². The van der Waals surface area contributed by atoms with Gasteiger partial charge in [0, 0.05) is 6.61 Å². The van der Waals surface area contributed by atoms with Gasteiger partial charge in [-0.3, -0.25) is 0 Å². The summed E-state index contributed by atoms with van der Waals surface area (Å²) in [5.41, 5.74) is -0.968. The number of carbonyl (C=O) groups excluding carboxylic acids is 1. The van der Waals surface area contributed by atoms with Gasteiger partial charge >= 0.3 is 5.97 Å². The van der Waals surface area contributed by atoms with Gasteiger partial charge in [-0.05, 0) is 67.7 Å². The lowest BCUT2D eigenvalue weighted by molar-refractivity contribution is -0.283. The second-order valence-electron chi connectivity index (χ2n) is 8.45. The Morgan fingerprint density at radius 1 is 1.14 bits per heavy atom. The zero-order chi connectivity index (χ0) is 16.5. The highest BCUT2D eigenvalue weighted by Crippen LogP contribution is 2.40. The van der Waals surface area contributed by atoms with Crippen LogP contribution in [0.15, 0.2) is 0 Å². The van der Waals surface area contributed by atoms with Gasteiger partial charge in [0.25, 0.3) is 0 Å². The number of hydrogen-bond acceptors (Lipinski definition) is 4. The van der Waals surface area contributed by atoms with E-state index in [4.69, 9.17) is 9.57 Å². The van der Waals surface area contributed by atoms with E-state index in [1.807, 2.05) is 25.8 Å². The maximum Gasteiger partial charge on any atom is 0.330 e. The molecule has 1 aliphatic rings. The molecule has 0 spiro atoms. The van der Waals surface area contributed by atoms with Gasteiger partial charge in [-0.2, -0.15) is 0 Å². The molecular weight excluding hydrogens is 266 g/mol. The number of rotatable bonds is 4. The van der Waals surface area contributed by atoms with Crippen molar-refractivity contribution in [2.45, 2.75) is 91.8 Å². The van der Waals surface area contributed by atoms with E-state index in [1.54, 1.807) is 0 Å². The van der Waals surface area contributed by atoms with E-state index < -0.39 is 5.41 Å². The van der Waals surface area contributed by atoms with Crippen molar-refractivity contribution in [2.24, 2.45) is 5.41 Å². The van der Waals surface area contributed by atoms with Gasteiger partial charge in [0.1, 0.15) is 0 Å². The lowest BCUT2D eigenvalue weighted by Gasteiger charge is -2.53. The predicted molar refractivity (Wildman–Crippen MR) is 84.8 cm³/mol. The third kappa shape index (κ3) is 4.68. The summed E-state index contributed by atoms with van der Waals surface area (Å²) in [5.74, 6) is -0.184. The van der Waals surface area contributed by atoms with Gasteiger partial charge in [-0.1, -0.05) is 6.92 Å². The third-order valence-electron chi connectivity index (χ3n) is 3.90. The summed E-state index contributed by atoms with van der Waals surface area (Å²) in [6.45, 7) is 17.0. The zero-order valence-electron chi connectivity index (χ0n) is 15.1. The first-order valence-corrected chi connectivity index (χ1v) is 8.04. The van der Waals surface area contributed by atoms with Crippen molar-refractivity contribution in [3.8, 4) is 0 Å². The van der Waals surface area contributed by atoms with Crippen LogP contribution in [-0.2, 0) is 14.4 Å². The van der Waals surface area contributed by atoms with E-state index in [0.29, 0.717) is 0 Å². The molecule has 0 aromatic carbocycles. The van der Waals surface area contributed by atoms with Crippen LogP contribution in [0.3, 0.4) is 0 Å². The van der Waals surface area contributed by atoms with Crippen molar-refractivity contribution < 1.29 is 14.4 Å². The Labute approximate surface area is 130 Å². The maximum absolute atomic E-state index is 12.3. The average molecular weight is 299 g/mol. The molecule has 1 rings (SSSR count). The van der Waals surface area contributed by atoms with E-state index >= 15 is 0 Å². The van der Waals surface area contributed by atoms with Crippen LogP contribution in [0.5, 0.6) is 0 Å². The first kappa shape index (κ1) is 18.4. The molecule has 0 N–H and O–H groups in total. The summed E-state index contributed by atoms with van der Waals surface area (Å²) >= 11 is 0. The summed E-state index contributed by atoms with van der Waals surface area (Å²) in [6.07, 6.45) is 2.99. The normalized spacial score (nSPS) is 23.0. The Balaban J connectivity index is 2.87. The van der Waals surface area contributed by atoms with Crippen LogP contribution in [-0.4, -0.2) is 34.8 Å². The van der Waals surface area contributed by atoms with Crippen LogP contribution >= 0.6 is 0 Å². The fourth-order valence-corrected chi connectivity index (χ4v) is 3.04. The highest BCUT2D eigenvalue weighted by Gasteiger charge is 2.49. The Morgan fingerprint density at radius 3 is 2.00 bits per heavy atom. The first-order valence-electron chi connectivity index (χ1n) is 8.04. The van der Waals surface area contributed by atoms with Crippen molar-refractivity contribution in [3.05, 3.63) is 0 Å². The molecule has 0 amide bonds. The van der Waals surface area contributed by atoms with Crippen LogP contribution < -0.4 is 0 Å². The predicted octanol–water partition coefficient (Wildman–Crippen LogP) is 3.94. The lowest BCUT2D eigenvalue weighted by atomic mass is 9.80. The summed E-state index contributed by atoms with van der Waals surface area (Å²) in [4.78, 5) is 18.0. The van der Waals surface area contributed by atoms with Gasteiger partial charge in [-0.25, -0.2) is 4.79 Å². The van der Waals surface area contributed by atoms with Crippen molar-refractivity contribution in [3.63, 3.8) is 0 Å². The van der Waals surface area contributed by atoms with Crippen LogP contribution in [0.25, 0.3) is 0 Å². The molecule has 0 unspecified atom stereocenters. The number of carbonyl (C=O) groups is 1. The van der Waals surface area contributed by atoms with E-state index in [9.17, 15) is 4.79 Å². The molecule has 0 aromatic heterocycles. The fraction of sp³-hybridized carbons (Fsp3) is 0.941. The minimum Gasteiger partial charge on any atom is -0.378 e. The second kappa shape index (κ2) is 6.25. The summed E-state index contributed by atoms with van der Waals surface area (Å²) < 4.78 is 5.96. The average Bonchev–Trinajstić information content (AvgIpc) is 2.28. The molecule has 21 heavy (non-hydrogen) atoms. The molecule has 0 radical (unpaired) electrons. The number of hydrogen-bond donors (Lipinski definition) is 0. The van der Waals surface area contributed by atoms with Gasteiger partial charge in [0.15, 0.2) is 0 Å². The van der Waals surface area contributed by atoms with E-state index in [1.165, 1.54) is 0 Å². The standard InChI is InChI=1S/C17H33NO3/c1-9-10-20-13-11-16(5,6)18(17(7,8)12-13)21-14(19)15(2,3)4/h13H,9-12H2,1-8H3. The lowest BCUT2D eigenvalue weighted by Crippen LogP contribution is -2.62. The molecule has 0 aromatic rings. The molecular formula is C17H33NO3. The highest BCUT2D eigenvalue weighted by molar-refractivity contribution is 5.75. The Morgan fingerprint density at radius 2 is 1.62 bits per heavy atom. The largest absolute Gasteiger partial charge is 0.378 e. The maximum atomic E-state index is 12.3. The second-order valence-corrected chi connectivity index (χ2v) is 8.45. The zero-order valence-corrected chi connectivity index (χ0v) is 15.1. The molecule has 0 saturated carbocycles. The molecule has 1 aliphatic heterocycles. The number of nitrogens with zero attached hydrogens (tertiary/aromatic N) is 1. The Hall–Kier alpha value is -0.610. The molecule has 1 heterocycles. The van der Waals surface area contributed by atoms with Gasteiger partial charge in [-0.15, -0.1) is 5.06 Å². The molecule has 1 fully saturated rings. The van der Waals surface area contributed by atoms with Crippen molar-refractivity contribution in [1.82, 2.24) is 5.06 Å². The summed E-state index contributed by atoms with van der Waals surface area (Å²) in [6, 6.07) is 0. The van der Waals surface area contributed by atoms with Crippen molar-refractivity contribution in [1.29, 1.82) is 0 Å². The Kier molecular flexibility index (Phi) is 5.49. The quantitative estimate of drug-likeness (QED) is 0.788. The van der Waals surface area contributed by atoms with Gasteiger partial charge in [0.05, 0.1) is 22.6 Å². The molecule has 124 valence electrons. The van der Waals surface area contributed by atoms with Gasteiger partial charge < -0.3 is 9.57 Å². The van der Waals surface area contributed by atoms with Crippen molar-refractivity contribution >= 4 is 5.97 Å². The number of hydroxylamine groups is 2. The summed E-state index contributed by atoms with van der Waals surface area (Å²) in [7, 11) is 0. The minimum atomic E-state index is -0.498. The van der Waals surface area contributed by atoms with E-state index in [0.717, 1.165) is 25.9 Å². The summed E-state index contributed by atoms with van der Waals surface area (Å²) in [5, 5.41) is 1.89. The molecule has 0 atom stereocenters. The van der Waals surface area contributed by atoms with Crippen molar-refractivity contribution in [2.75, 3.05) is 6.61 Å². The smallest absolute Gasteiger partial charge is 0.330 e. The molecule has 4 heteroatoms. The number of ether oxygens (including phenoxy) is 1. The van der Waals surface area contributed by atoms with Crippen LogP contribution in [0.4, 0.5) is 0 Å². The number of piperidine rings is 1. The third-order valence-corrected chi connectivity index (χ3v) is 3.90. The molecule has 4 nitrogen and oxygen atoms in total. The first-order chi connectivity index (χ1) is 9.40. The van der Waals surface area contributed by atoms with Crippen LogP contribution in [0.1, 0.15) is 74.7 Å². The minimum absolute atomic E-state index is 0.184. The molecule has 1 saturated heterocycles. The van der Waals surface area contributed by atoms with Crippen LogP contribution in [0, 0.1) is 5.41 Å². The SMILES string of the molecule is CCCOC1CC(C)(C)N(OC(=O)C(C)(C)C)C(C)(C)C1.